The normalized spacial score (nSPS) is 35.3. The molecule has 2 fully saturated rings. The Kier molecular flexibility index (Phi) is 6.97. The van der Waals surface area contributed by atoms with Crippen LogP contribution in [0, 0.1) is 11.8 Å². The van der Waals surface area contributed by atoms with Crippen molar-refractivity contribution < 1.29 is 4.74 Å². The first kappa shape index (κ1) is 17.2. The van der Waals surface area contributed by atoms with Gasteiger partial charge in [-0.3, -0.25) is 4.90 Å². The van der Waals surface area contributed by atoms with Crippen LogP contribution in [0.2, 0.25) is 0 Å². The summed E-state index contributed by atoms with van der Waals surface area (Å²) in [6.45, 7) is 13.5. The maximum atomic E-state index is 5.72. The van der Waals surface area contributed by atoms with Crippen LogP contribution in [-0.4, -0.2) is 49.3 Å². The highest BCUT2D eigenvalue weighted by Gasteiger charge is 2.38. The summed E-state index contributed by atoms with van der Waals surface area (Å²) >= 11 is 0. The summed E-state index contributed by atoms with van der Waals surface area (Å²) in [5.74, 6) is 1.72. The van der Waals surface area contributed by atoms with Crippen molar-refractivity contribution in [2.24, 2.45) is 11.8 Å². The van der Waals surface area contributed by atoms with E-state index in [1.165, 1.54) is 32.1 Å². The number of nitrogens with one attached hydrogen (secondary N) is 1. The summed E-state index contributed by atoms with van der Waals surface area (Å²) in [6.07, 6.45) is 6.56. The molecule has 1 N–H and O–H groups in total. The largest absolute Gasteiger partial charge is 0.378 e. The molecule has 1 saturated carbocycles. The molecule has 2 rings (SSSR count). The van der Waals surface area contributed by atoms with Crippen LogP contribution in [0.4, 0.5) is 0 Å². The minimum absolute atomic E-state index is 0.626. The van der Waals surface area contributed by atoms with Crippen molar-refractivity contribution in [1.82, 2.24) is 10.2 Å². The van der Waals surface area contributed by atoms with Crippen LogP contribution in [0.3, 0.4) is 0 Å². The van der Waals surface area contributed by atoms with Gasteiger partial charge in [-0.25, -0.2) is 0 Å². The Morgan fingerprint density at radius 3 is 2.71 bits per heavy atom. The number of ether oxygens (including phenoxy) is 1. The lowest BCUT2D eigenvalue weighted by atomic mass is 9.76. The molecule has 2 aliphatic rings. The zero-order chi connectivity index (χ0) is 15.2. The van der Waals surface area contributed by atoms with Gasteiger partial charge in [0.1, 0.15) is 0 Å². The molecule has 0 aromatic rings. The molecule has 3 heteroatoms. The molecule has 0 spiro atoms. The maximum Gasteiger partial charge on any atom is 0.0622 e. The minimum atomic E-state index is 0.626. The molecule has 124 valence electrons. The maximum absolute atomic E-state index is 5.72. The summed E-state index contributed by atoms with van der Waals surface area (Å²) in [5, 5.41) is 3.84. The second kappa shape index (κ2) is 8.50. The van der Waals surface area contributed by atoms with E-state index < -0.39 is 0 Å². The smallest absolute Gasteiger partial charge is 0.0622 e. The number of rotatable bonds is 6. The van der Waals surface area contributed by atoms with Gasteiger partial charge in [0, 0.05) is 24.7 Å². The first-order valence-electron chi connectivity index (χ1n) is 9.24. The Morgan fingerprint density at radius 1 is 1.24 bits per heavy atom. The third kappa shape index (κ3) is 4.43. The molecule has 0 aromatic carbocycles. The molecule has 0 bridgehead atoms. The van der Waals surface area contributed by atoms with Crippen molar-refractivity contribution in [3.8, 4) is 0 Å². The molecular weight excluding hydrogens is 260 g/mol. The predicted molar refractivity (Wildman–Crippen MR) is 89.7 cm³/mol. The Morgan fingerprint density at radius 2 is 2.05 bits per heavy atom. The van der Waals surface area contributed by atoms with Gasteiger partial charge >= 0.3 is 0 Å². The first-order chi connectivity index (χ1) is 10.2. The zero-order valence-electron chi connectivity index (χ0n) is 14.6. The van der Waals surface area contributed by atoms with Crippen molar-refractivity contribution in [2.75, 3.05) is 26.3 Å². The van der Waals surface area contributed by atoms with Gasteiger partial charge in [-0.1, -0.05) is 27.7 Å². The molecule has 1 saturated heterocycles. The summed E-state index contributed by atoms with van der Waals surface area (Å²) in [6, 6.07) is 2.03. The van der Waals surface area contributed by atoms with E-state index in [0.29, 0.717) is 18.1 Å². The van der Waals surface area contributed by atoms with E-state index in [0.717, 1.165) is 38.1 Å². The highest BCUT2D eigenvalue weighted by atomic mass is 16.5. The third-order valence-corrected chi connectivity index (χ3v) is 5.63. The Labute approximate surface area is 131 Å². The van der Waals surface area contributed by atoms with Crippen LogP contribution in [0.5, 0.6) is 0 Å². The van der Waals surface area contributed by atoms with E-state index in [9.17, 15) is 0 Å². The molecular formula is C18H36N2O. The summed E-state index contributed by atoms with van der Waals surface area (Å²) in [7, 11) is 0. The molecule has 1 heterocycles. The highest BCUT2D eigenvalue weighted by molar-refractivity contribution is 4.94. The molecule has 0 amide bonds. The highest BCUT2D eigenvalue weighted by Crippen LogP contribution is 2.34. The molecule has 21 heavy (non-hydrogen) atoms. The van der Waals surface area contributed by atoms with E-state index in [1.807, 2.05) is 0 Å². The van der Waals surface area contributed by atoms with Crippen molar-refractivity contribution >= 4 is 0 Å². The molecule has 4 unspecified atom stereocenters. The molecule has 1 aliphatic carbocycles. The fourth-order valence-corrected chi connectivity index (χ4v) is 4.17. The van der Waals surface area contributed by atoms with Crippen LogP contribution in [-0.2, 0) is 4.74 Å². The minimum Gasteiger partial charge on any atom is -0.378 e. The number of nitrogens with zero attached hydrogens (tertiary/aromatic N) is 1. The van der Waals surface area contributed by atoms with Crippen LogP contribution in [0.25, 0.3) is 0 Å². The SMILES string of the molecule is CCCNC1CCC(C(C)C)CC1N1CCOCC1CC. The zero-order valence-corrected chi connectivity index (χ0v) is 14.6. The molecule has 1 aliphatic heterocycles. The van der Waals surface area contributed by atoms with Gasteiger partial charge in [0.15, 0.2) is 0 Å². The average molecular weight is 296 g/mol. The monoisotopic (exact) mass is 296 g/mol. The van der Waals surface area contributed by atoms with Crippen molar-refractivity contribution in [3.05, 3.63) is 0 Å². The lowest BCUT2D eigenvalue weighted by molar-refractivity contribution is -0.0518. The fraction of sp³-hybridized carbons (Fsp3) is 1.00. The molecule has 4 atom stereocenters. The topological polar surface area (TPSA) is 24.5 Å². The fourth-order valence-electron chi connectivity index (χ4n) is 4.17. The summed E-state index contributed by atoms with van der Waals surface area (Å²) < 4.78 is 5.72. The van der Waals surface area contributed by atoms with E-state index in [-0.39, 0.29) is 0 Å². The average Bonchev–Trinajstić information content (AvgIpc) is 2.52. The Bertz CT molecular complexity index is 295. The lowest BCUT2D eigenvalue weighted by Gasteiger charge is -2.48. The third-order valence-electron chi connectivity index (χ3n) is 5.63. The van der Waals surface area contributed by atoms with Crippen LogP contribution < -0.4 is 5.32 Å². The van der Waals surface area contributed by atoms with Gasteiger partial charge < -0.3 is 10.1 Å². The molecule has 0 radical (unpaired) electrons. The van der Waals surface area contributed by atoms with Gasteiger partial charge in [-0.15, -0.1) is 0 Å². The summed E-state index contributed by atoms with van der Waals surface area (Å²) in [5.41, 5.74) is 0. The van der Waals surface area contributed by atoms with Gasteiger partial charge in [-0.2, -0.15) is 0 Å². The van der Waals surface area contributed by atoms with Crippen molar-refractivity contribution in [2.45, 2.75) is 77.9 Å². The second-order valence-electron chi connectivity index (χ2n) is 7.32. The van der Waals surface area contributed by atoms with E-state index in [1.54, 1.807) is 0 Å². The van der Waals surface area contributed by atoms with Crippen molar-refractivity contribution in [1.29, 1.82) is 0 Å². The molecule has 0 aromatic heterocycles. The van der Waals surface area contributed by atoms with Crippen LogP contribution >= 0.6 is 0 Å². The van der Waals surface area contributed by atoms with Crippen molar-refractivity contribution in [3.63, 3.8) is 0 Å². The van der Waals surface area contributed by atoms with E-state index in [2.05, 4.69) is 37.9 Å². The predicted octanol–water partition coefficient (Wildman–Crippen LogP) is 3.29. The number of hydrogen-bond donors (Lipinski definition) is 1. The lowest BCUT2D eigenvalue weighted by Crippen LogP contribution is -2.59. The Hall–Kier alpha value is -0.120. The molecule has 3 nitrogen and oxygen atoms in total. The van der Waals surface area contributed by atoms with E-state index in [4.69, 9.17) is 4.74 Å². The van der Waals surface area contributed by atoms with Gasteiger partial charge in [-0.05, 0) is 50.5 Å². The standard InChI is InChI=1S/C18H36N2O/c1-5-9-19-17-8-7-15(14(3)4)12-18(17)20-10-11-21-13-16(20)6-2/h14-19H,5-13H2,1-4H3. The van der Waals surface area contributed by atoms with E-state index >= 15 is 0 Å². The quantitative estimate of drug-likeness (QED) is 0.814. The van der Waals surface area contributed by atoms with Crippen LogP contribution in [0.1, 0.15) is 59.8 Å². The van der Waals surface area contributed by atoms with Gasteiger partial charge in [0.25, 0.3) is 0 Å². The summed E-state index contributed by atoms with van der Waals surface area (Å²) in [4.78, 5) is 2.78. The van der Waals surface area contributed by atoms with Crippen LogP contribution in [0.15, 0.2) is 0 Å². The van der Waals surface area contributed by atoms with Gasteiger partial charge in [0.2, 0.25) is 0 Å². The number of hydrogen-bond acceptors (Lipinski definition) is 3. The second-order valence-corrected chi connectivity index (χ2v) is 7.32. The van der Waals surface area contributed by atoms with Gasteiger partial charge in [0.05, 0.1) is 13.2 Å². The Balaban J connectivity index is 2.07. The number of morpholine rings is 1. The first-order valence-corrected chi connectivity index (χ1v) is 9.24.